The Hall–Kier alpha value is -3.35. The number of nitrogens with zero attached hydrogens (tertiary/aromatic N) is 1. The first-order valence-corrected chi connectivity index (χ1v) is 8.09. The van der Waals surface area contributed by atoms with Crippen molar-refractivity contribution in [2.75, 3.05) is 19.0 Å². The molecule has 0 unspecified atom stereocenters. The Bertz CT molecular complexity index is 1030. The topological polar surface area (TPSA) is 74.4 Å². The number of aromatic amines is 1. The van der Waals surface area contributed by atoms with E-state index in [9.17, 15) is 14.0 Å². The van der Waals surface area contributed by atoms with Gasteiger partial charge in [-0.15, -0.1) is 0 Å². The largest absolute Gasteiger partial charge is 0.482 e. The van der Waals surface area contributed by atoms with Crippen LogP contribution in [-0.2, 0) is 11.3 Å². The number of aromatic nitrogens is 1. The number of amides is 2. The molecule has 2 heterocycles. The molecule has 0 fully saturated rings. The highest BCUT2D eigenvalue weighted by atomic mass is 19.1. The van der Waals surface area contributed by atoms with Crippen molar-refractivity contribution < 1.29 is 18.7 Å². The number of ether oxygens (including phenoxy) is 1. The van der Waals surface area contributed by atoms with Crippen LogP contribution in [0.3, 0.4) is 0 Å². The van der Waals surface area contributed by atoms with Crippen molar-refractivity contribution in [3.8, 4) is 5.75 Å². The molecular formula is C19H16FN3O3. The average molecular weight is 353 g/mol. The van der Waals surface area contributed by atoms with E-state index < -0.39 is 0 Å². The number of carbonyl (C=O) groups excluding carboxylic acids is 2. The van der Waals surface area contributed by atoms with Crippen LogP contribution in [0, 0.1) is 5.82 Å². The predicted molar refractivity (Wildman–Crippen MR) is 94.6 cm³/mol. The molecule has 26 heavy (non-hydrogen) atoms. The monoisotopic (exact) mass is 353 g/mol. The van der Waals surface area contributed by atoms with E-state index in [0.29, 0.717) is 23.5 Å². The van der Waals surface area contributed by atoms with Crippen molar-refractivity contribution in [3.63, 3.8) is 0 Å². The van der Waals surface area contributed by atoms with Gasteiger partial charge in [-0.05, 0) is 42.5 Å². The number of halogens is 1. The molecule has 0 atom stereocenters. The molecule has 2 N–H and O–H groups in total. The summed E-state index contributed by atoms with van der Waals surface area (Å²) in [6, 6.07) is 11.3. The minimum Gasteiger partial charge on any atom is -0.482 e. The first kappa shape index (κ1) is 16.1. The second-order valence-electron chi connectivity index (χ2n) is 6.24. The Kier molecular flexibility index (Phi) is 3.84. The molecule has 0 radical (unpaired) electrons. The minimum absolute atomic E-state index is 0.0634. The lowest BCUT2D eigenvalue weighted by Crippen LogP contribution is -2.28. The van der Waals surface area contributed by atoms with E-state index in [2.05, 4.69) is 10.3 Å². The van der Waals surface area contributed by atoms with Gasteiger partial charge in [-0.3, -0.25) is 9.59 Å². The van der Waals surface area contributed by atoms with E-state index in [0.717, 1.165) is 16.6 Å². The van der Waals surface area contributed by atoms with Crippen LogP contribution in [-0.4, -0.2) is 35.4 Å². The molecule has 132 valence electrons. The van der Waals surface area contributed by atoms with Gasteiger partial charge in [0.15, 0.2) is 6.61 Å². The minimum atomic E-state index is -0.298. The molecular weight excluding hydrogens is 337 g/mol. The summed E-state index contributed by atoms with van der Waals surface area (Å²) in [5, 5.41) is 3.45. The molecule has 0 aliphatic carbocycles. The van der Waals surface area contributed by atoms with Crippen molar-refractivity contribution in [2.45, 2.75) is 6.54 Å². The summed E-state index contributed by atoms with van der Waals surface area (Å²) < 4.78 is 18.7. The molecule has 2 amide bonds. The lowest BCUT2D eigenvalue weighted by atomic mass is 10.1. The van der Waals surface area contributed by atoms with Gasteiger partial charge in [0.1, 0.15) is 11.6 Å². The van der Waals surface area contributed by atoms with Gasteiger partial charge in [-0.1, -0.05) is 0 Å². The summed E-state index contributed by atoms with van der Waals surface area (Å²) in [7, 11) is 1.69. The maximum atomic E-state index is 13.3. The Labute approximate surface area is 148 Å². The molecule has 0 saturated carbocycles. The lowest BCUT2D eigenvalue weighted by molar-refractivity contribution is -0.118. The molecule has 0 spiro atoms. The Morgan fingerprint density at radius 1 is 1.23 bits per heavy atom. The quantitative estimate of drug-likeness (QED) is 0.760. The van der Waals surface area contributed by atoms with Crippen molar-refractivity contribution in [1.82, 2.24) is 9.88 Å². The summed E-state index contributed by atoms with van der Waals surface area (Å²) in [5.41, 5.74) is 2.64. The zero-order valence-electron chi connectivity index (χ0n) is 14.0. The van der Waals surface area contributed by atoms with Gasteiger partial charge in [0.2, 0.25) is 0 Å². The molecule has 0 saturated heterocycles. The first-order chi connectivity index (χ1) is 12.5. The van der Waals surface area contributed by atoms with Crippen LogP contribution in [0.1, 0.15) is 16.1 Å². The SMILES string of the molecule is CN(Cc1cc2cc(F)ccc2[nH]1)C(=O)c1ccc2c(c1)OCC(=O)N2. The third kappa shape index (κ3) is 2.99. The molecule has 1 aliphatic heterocycles. The third-order valence-corrected chi connectivity index (χ3v) is 4.25. The Balaban J connectivity index is 1.53. The smallest absolute Gasteiger partial charge is 0.262 e. The predicted octanol–water partition coefficient (Wildman–Crippen LogP) is 2.91. The number of hydrogen-bond acceptors (Lipinski definition) is 3. The van der Waals surface area contributed by atoms with Gasteiger partial charge in [-0.25, -0.2) is 4.39 Å². The number of anilines is 1. The van der Waals surface area contributed by atoms with Crippen LogP contribution in [0.4, 0.5) is 10.1 Å². The molecule has 7 heteroatoms. The van der Waals surface area contributed by atoms with Crippen molar-refractivity contribution in [3.05, 3.63) is 59.5 Å². The van der Waals surface area contributed by atoms with E-state index in [-0.39, 0.29) is 24.2 Å². The van der Waals surface area contributed by atoms with E-state index in [1.165, 1.54) is 12.1 Å². The number of H-pyrrole nitrogens is 1. The Morgan fingerprint density at radius 2 is 2.08 bits per heavy atom. The normalized spacial score (nSPS) is 13.1. The summed E-state index contributed by atoms with van der Waals surface area (Å²) in [6.45, 7) is 0.288. The highest BCUT2D eigenvalue weighted by Gasteiger charge is 2.19. The van der Waals surface area contributed by atoms with Gasteiger partial charge >= 0.3 is 0 Å². The molecule has 4 rings (SSSR count). The van der Waals surface area contributed by atoms with E-state index >= 15 is 0 Å². The fraction of sp³-hybridized carbons (Fsp3) is 0.158. The van der Waals surface area contributed by atoms with E-state index in [1.54, 1.807) is 36.2 Å². The zero-order valence-corrected chi connectivity index (χ0v) is 14.0. The van der Waals surface area contributed by atoms with Crippen LogP contribution in [0.2, 0.25) is 0 Å². The summed E-state index contributed by atoms with van der Waals surface area (Å²) in [6.07, 6.45) is 0. The van der Waals surface area contributed by atoms with Crippen LogP contribution >= 0.6 is 0 Å². The fourth-order valence-corrected chi connectivity index (χ4v) is 3.00. The van der Waals surface area contributed by atoms with Gasteiger partial charge in [0.05, 0.1) is 12.2 Å². The third-order valence-electron chi connectivity index (χ3n) is 4.25. The Morgan fingerprint density at radius 3 is 2.92 bits per heavy atom. The number of rotatable bonds is 3. The van der Waals surface area contributed by atoms with Gasteiger partial charge < -0.3 is 19.9 Å². The first-order valence-electron chi connectivity index (χ1n) is 8.09. The van der Waals surface area contributed by atoms with E-state index in [4.69, 9.17) is 4.74 Å². The molecule has 1 aromatic heterocycles. The number of benzene rings is 2. The number of fused-ring (bicyclic) bond motifs is 2. The van der Waals surface area contributed by atoms with Crippen LogP contribution < -0.4 is 10.1 Å². The summed E-state index contributed by atoms with van der Waals surface area (Å²) in [5.74, 6) is -0.222. The van der Waals surface area contributed by atoms with Crippen molar-refractivity contribution >= 4 is 28.4 Å². The van der Waals surface area contributed by atoms with Crippen LogP contribution in [0.15, 0.2) is 42.5 Å². The molecule has 2 aromatic carbocycles. The molecule has 0 bridgehead atoms. The van der Waals surface area contributed by atoms with Crippen LogP contribution in [0.5, 0.6) is 5.75 Å². The van der Waals surface area contributed by atoms with Crippen LogP contribution in [0.25, 0.3) is 10.9 Å². The van der Waals surface area contributed by atoms with Crippen molar-refractivity contribution in [2.24, 2.45) is 0 Å². The number of hydrogen-bond donors (Lipinski definition) is 2. The summed E-state index contributed by atoms with van der Waals surface area (Å²) in [4.78, 5) is 28.7. The number of carbonyl (C=O) groups is 2. The van der Waals surface area contributed by atoms with Crippen molar-refractivity contribution in [1.29, 1.82) is 0 Å². The maximum Gasteiger partial charge on any atom is 0.262 e. The number of nitrogens with one attached hydrogen (secondary N) is 2. The average Bonchev–Trinajstić information content (AvgIpc) is 3.01. The highest BCUT2D eigenvalue weighted by Crippen LogP contribution is 2.29. The lowest BCUT2D eigenvalue weighted by Gasteiger charge is -2.20. The zero-order chi connectivity index (χ0) is 18.3. The van der Waals surface area contributed by atoms with Gasteiger partial charge in [0, 0.05) is 29.2 Å². The highest BCUT2D eigenvalue weighted by molar-refractivity contribution is 5.99. The second kappa shape index (κ2) is 6.18. The van der Waals surface area contributed by atoms with Gasteiger partial charge in [0.25, 0.3) is 11.8 Å². The maximum absolute atomic E-state index is 13.3. The standard InChI is InChI=1S/C19H16FN3O3/c1-23(9-14-7-12-6-13(20)3-5-15(12)21-14)19(25)11-2-4-16-17(8-11)26-10-18(24)22-16/h2-8,21H,9-10H2,1H3,(H,22,24). The second-order valence-corrected chi connectivity index (χ2v) is 6.24. The fourth-order valence-electron chi connectivity index (χ4n) is 3.00. The van der Waals surface area contributed by atoms with E-state index in [1.807, 2.05) is 6.07 Å². The summed E-state index contributed by atoms with van der Waals surface area (Å²) >= 11 is 0. The molecule has 1 aliphatic rings. The molecule has 6 nitrogen and oxygen atoms in total. The molecule has 3 aromatic rings. The van der Waals surface area contributed by atoms with Gasteiger partial charge in [-0.2, -0.15) is 0 Å².